The molecule has 0 aliphatic heterocycles. The Morgan fingerprint density at radius 3 is 1.69 bits per heavy atom. The Bertz CT molecular complexity index is 156. The maximum absolute atomic E-state index is 10.2. The molecule has 0 aromatic rings. The van der Waals surface area contributed by atoms with E-state index in [1.54, 1.807) is 0 Å². The normalized spacial score (nSPS) is 10.9. The van der Waals surface area contributed by atoms with Crippen molar-refractivity contribution < 1.29 is 8.42 Å². The molecule has 0 saturated carbocycles. The van der Waals surface area contributed by atoms with Crippen LogP contribution in [0.5, 0.6) is 0 Å². The molecule has 0 unspecified atom stereocenters. The zero-order chi connectivity index (χ0) is 9.94. The molecule has 13 heavy (non-hydrogen) atoms. The zero-order valence-electron chi connectivity index (χ0n) is 8.63. The van der Waals surface area contributed by atoms with Crippen LogP contribution in [0.2, 0.25) is 0 Å². The van der Waals surface area contributed by atoms with E-state index in [1.807, 2.05) is 0 Å². The molecule has 0 rings (SSSR count). The highest BCUT2D eigenvalue weighted by Crippen LogP contribution is 2.07. The van der Waals surface area contributed by atoms with Gasteiger partial charge in [-0.15, -0.1) is 0 Å². The minimum Gasteiger partial charge on any atom is -0.232 e. The minimum atomic E-state index is -2.13. The second-order valence-corrected chi connectivity index (χ2v) is 4.64. The van der Waals surface area contributed by atoms with Gasteiger partial charge in [0.2, 0.25) is 0 Å². The van der Waals surface area contributed by atoms with Crippen molar-refractivity contribution in [1.82, 2.24) is 0 Å². The fourth-order valence-corrected chi connectivity index (χ4v) is 1.86. The first kappa shape index (κ1) is 12.9. The lowest BCUT2D eigenvalue weighted by Gasteiger charge is -1.98. The summed E-state index contributed by atoms with van der Waals surface area (Å²) < 4.78 is 20.4. The minimum absolute atomic E-state index is 0.379. The summed E-state index contributed by atoms with van der Waals surface area (Å²) in [6.45, 7) is 2.21. The van der Waals surface area contributed by atoms with E-state index in [2.05, 4.69) is 6.92 Å². The van der Waals surface area contributed by atoms with Gasteiger partial charge in [0.25, 0.3) is 0 Å². The van der Waals surface area contributed by atoms with Crippen LogP contribution >= 0.6 is 0 Å². The SMILES string of the molecule is CCCCCCCCCC[SH](=O)=O. The molecule has 0 bridgehead atoms. The highest BCUT2D eigenvalue weighted by atomic mass is 32.2. The molecule has 0 atom stereocenters. The van der Waals surface area contributed by atoms with Crippen LogP contribution in [-0.2, 0) is 10.7 Å². The Balaban J connectivity index is 2.91. The van der Waals surface area contributed by atoms with Gasteiger partial charge in [-0.05, 0) is 6.42 Å². The Kier molecular flexibility index (Phi) is 10.00. The van der Waals surface area contributed by atoms with Gasteiger partial charge in [-0.25, -0.2) is 8.42 Å². The van der Waals surface area contributed by atoms with Crippen LogP contribution in [0.3, 0.4) is 0 Å². The molecule has 0 amide bonds. The average molecular weight is 206 g/mol. The van der Waals surface area contributed by atoms with Crippen LogP contribution in [-0.4, -0.2) is 14.2 Å². The van der Waals surface area contributed by atoms with Gasteiger partial charge in [0.15, 0.2) is 0 Å². The van der Waals surface area contributed by atoms with Crippen molar-refractivity contribution in [3.63, 3.8) is 0 Å². The van der Waals surface area contributed by atoms with Gasteiger partial charge in [0, 0.05) is 5.75 Å². The molecular formula is C10H22O2S. The maximum Gasteiger partial charge on any atom is 0.140 e. The fourth-order valence-electron chi connectivity index (χ4n) is 1.37. The van der Waals surface area contributed by atoms with Crippen molar-refractivity contribution in [1.29, 1.82) is 0 Å². The molecule has 0 spiro atoms. The predicted octanol–water partition coefficient (Wildman–Crippen LogP) is 2.74. The topological polar surface area (TPSA) is 34.1 Å². The molecule has 0 aliphatic rings. The summed E-state index contributed by atoms with van der Waals surface area (Å²) in [6.07, 6.45) is 9.69. The van der Waals surface area contributed by atoms with Crippen molar-refractivity contribution in [2.75, 3.05) is 5.75 Å². The average Bonchev–Trinajstić information content (AvgIpc) is 2.09. The van der Waals surface area contributed by atoms with E-state index in [0.717, 1.165) is 12.8 Å². The first-order valence-corrected chi connectivity index (χ1v) is 6.75. The maximum atomic E-state index is 10.2. The van der Waals surface area contributed by atoms with E-state index in [9.17, 15) is 8.42 Å². The third-order valence-electron chi connectivity index (χ3n) is 2.19. The number of hydrogen-bond donors (Lipinski definition) is 1. The van der Waals surface area contributed by atoms with E-state index < -0.39 is 10.7 Å². The summed E-state index contributed by atoms with van der Waals surface area (Å²) >= 11 is 0. The Labute approximate surface area is 83.7 Å². The van der Waals surface area contributed by atoms with Crippen LogP contribution in [0.25, 0.3) is 0 Å². The number of thiol groups is 1. The van der Waals surface area contributed by atoms with Gasteiger partial charge in [-0.1, -0.05) is 51.9 Å². The first-order chi connectivity index (χ1) is 6.27. The third kappa shape index (κ3) is 12.0. The quantitative estimate of drug-likeness (QED) is 0.465. The molecule has 80 valence electrons. The van der Waals surface area contributed by atoms with Gasteiger partial charge >= 0.3 is 0 Å². The summed E-state index contributed by atoms with van der Waals surface area (Å²) in [7, 11) is -2.13. The van der Waals surface area contributed by atoms with Gasteiger partial charge in [0.1, 0.15) is 10.7 Å². The van der Waals surface area contributed by atoms with E-state index in [0.29, 0.717) is 5.75 Å². The number of hydrogen-bond acceptors (Lipinski definition) is 2. The molecule has 0 radical (unpaired) electrons. The van der Waals surface area contributed by atoms with Crippen molar-refractivity contribution in [3.8, 4) is 0 Å². The molecule has 0 aromatic carbocycles. The monoisotopic (exact) mass is 206 g/mol. The zero-order valence-corrected chi connectivity index (χ0v) is 9.52. The summed E-state index contributed by atoms with van der Waals surface area (Å²) in [5.74, 6) is 0.379. The molecule has 0 fully saturated rings. The van der Waals surface area contributed by atoms with E-state index in [-0.39, 0.29) is 0 Å². The van der Waals surface area contributed by atoms with Gasteiger partial charge in [0.05, 0.1) is 0 Å². The van der Waals surface area contributed by atoms with Gasteiger partial charge in [-0.2, -0.15) is 0 Å². The van der Waals surface area contributed by atoms with Crippen LogP contribution in [0.4, 0.5) is 0 Å². The Morgan fingerprint density at radius 1 is 0.769 bits per heavy atom. The fraction of sp³-hybridized carbons (Fsp3) is 1.00. The molecule has 0 aromatic heterocycles. The van der Waals surface area contributed by atoms with E-state index in [1.165, 1.54) is 38.5 Å². The molecule has 0 N–H and O–H groups in total. The molecule has 0 heterocycles. The molecule has 3 heteroatoms. The number of rotatable bonds is 9. The second kappa shape index (κ2) is 10.0. The predicted molar refractivity (Wildman–Crippen MR) is 57.8 cm³/mol. The molecule has 0 aliphatic carbocycles. The molecular weight excluding hydrogens is 184 g/mol. The van der Waals surface area contributed by atoms with Crippen molar-refractivity contribution in [2.45, 2.75) is 58.3 Å². The highest BCUT2D eigenvalue weighted by Gasteiger charge is 1.91. The standard InChI is InChI=1S/C10H22O2S/c1-2-3-4-5-6-7-8-9-10-13(11)12/h13H,2-10H2,1H3. The largest absolute Gasteiger partial charge is 0.232 e. The smallest absolute Gasteiger partial charge is 0.140 e. The van der Waals surface area contributed by atoms with Gasteiger partial charge in [-0.3, -0.25) is 0 Å². The van der Waals surface area contributed by atoms with Crippen molar-refractivity contribution in [3.05, 3.63) is 0 Å². The van der Waals surface area contributed by atoms with Crippen LogP contribution in [0, 0.1) is 0 Å². The van der Waals surface area contributed by atoms with Crippen molar-refractivity contribution >= 4 is 10.7 Å². The lowest BCUT2D eigenvalue weighted by molar-refractivity contribution is 0.579. The lowest BCUT2D eigenvalue weighted by Crippen LogP contribution is -1.87. The summed E-state index contributed by atoms with van der Waals surface area (Å²) in [5.41, 5.74) is 0. The summed E-state index contributed by atoms with van der Waals surface area (Å²) in [6, 6.07) is 0. The highest BCUT2D eigenvalue weighted by molar-refractivity contribution is 7.72. The Morgan fingerprint density at radius 2 is 1.23 bits per heavy atom. The molecule has 2 nitrogen and oxygen atoms in total. The van der Waals surface area contributed by atoms with Crippen LogP contribution in [0.1, 0.15) is 58.3 Å². The number of unbranched alkanes of at least 4 members (excludes halogenated alkanes) is 7. The van der Waals surface area contributed by atoms with Crippen molar-refractivity contribution in [2.24, 2.45) is 0 Å². The van der Waals surface area contributed by atoms with Crippen LogP contribution < -0.4 is 0 Å². The summed E-state index contributed by atoms with van der Waals surface area (Å²) in [5, 5.41) is 0. The second-order valence-electron chi connectivity index (χ2n) is 3.53. The lowest BCUT2D eigenvalue weighted by atomic mass is 10.1. The van der Waals surface area contributed by atoms with Crippen LogP contribution in [0.15, 0.2) is 0 Å². The van der Waals surface area contributed by atoms with E-state index >= 15 is 0 Å². The Hall–Kier alpha value is -0.0500. The summed E-state index contributed by atoms with van der Waals surface area (Å²) in [4.78, 5) is 0. The van der Waals surface area contributed by atoms with E-state index in [4.69, 9.17) is 0 Å². The molecule has 0 saturated heterocycles. The van der Waals surface area contributed by atoms with Gasteiger partial charge < -0.3 is 0 Å². The third-order valence-corrected chi connectivity index (χ3v) is 2.88. The first-order valence-electron chi connectivity index (χ1n) is 5.39.